The lowest BCUT2D eigenvalue weighted by atomic mass is 9.96. The quantitative estimate of drug-likeness (QED) is 0.0807. The smallest absolute Gasteiger partial charge is 0.335 e. The minimum absolute atomic E-state index is 0.0223. The molecule has 1 amide bonds. The van der Waals surface area contributed by atoms with Gasteiger partial charge in [0, 0.05) is 26.3 Å². The number of nitrogens with zero attached hydrogens (tertiary/aromatic N) is 3. The van der Waals surface area contributed by atoms with Crippen LogP contribution in [0.2, 0.25) is 0 Å². The number of hydrogen-bond acceptors (Lipinski definition) is 16. The summed E-state index contributed by atoms with van der Waals surface area (Å²) >= 11 is 0. The van der Waals surface area contributed by atoms with Gasteiger partial charge in [-0.15, -0.1) is 5.10 Å². The summed E-state index contributed by atoms with van der Waals surface area (Å²) in [7, 11) is 2.32. The molecule has 2 aliphatic heterocycles. The molecule has 20 heteroatoms. The number of rotatable bonds is 19. The molecular formula is C30H43FN4O15. The Hall–Kier alpha value is -3.25. The van der Waals surface area contributed by atoms with Crippen molar-refractivity contribution in [3.8, 4) is 11.3 Å². The first-order valence-electron chi connectivity index (χ1n) is 15.7. The summed E-state index contributed by atoms with van der Waals surface area (Å²) in [5, 5.41) is 62.2. The predicted molar refractivity (Wildman–Crippen MR) is 163 cm³/mol. The van der Waals surface area contributed by atoms with Crippen molar-refractivity contribution in [2.24, 2.45) is 0 Å². The number of methoxy groups -OCH3 is 2. The number of halogens is 1. The molecule has 1 aromatic heterocycles. The Labute approximate surface area is 285 Å². The van der Waals surface area contributed by atoms with Crippen LogP contribution in [-0.2, 0) is 54.0 Å². The van der Waals surface area contributed by atoms with Crippen LogP contribution in [0.3, 0.4) is 0 Å². The van der Waals surface area contributed by atoms with Crippen LogP contribution in [0.25, 0.3) is 11.3 Å². The van der Waals surface area contributed by atoms with Crippen LogP contribution in [0.4, 0.5) is 4.39 Å². The van der Waals surface area contributed by atoms with Crippen molar-refractivity contribution >= 4 is 11.9 Å². The fraction of sp³-hybridized carbons (Fsp3) is 0.667. The molecule has 3 heterocycles. The molecule has 1 aromatic carbocycles. The normalized spacial score (nSPS) is 29.9. The zero-order valence-corrected chi connectivity index (χ0v) is 27.4. The lowest BCUT2D eigenvalue weighted by molar-refractivity contribution is -0.348. The molecule has 10 atom stereocenters. The summed E-state index contributed by atoms with van der Waals surface area (Å²) < 4.78 is 57.4. The first-order chi connectivity index (χ1) is 24.0. The number of aliphatic hydroxyl groups excluding tert-OH is 4. The molecule has 280 valence electrons. The molecule has 0 saturated carbocycles. The Bertz CT molecular complexity index is 1340. The van der Waals surface area contributed by atoms with Gasteiger partial charge in [0.1, 0.15) is 48.1 Å². The van der Waals surface area contributed by atoms with E-state index < -0.39 is 73.3 Å². The van der Waals surface area contributed by atoms with E-state index in [2.05, 4.69) is 15.6 Å². The summed E-state index contributed by atoms with van der Waals surface area (Å²) in [5.41, 5.74) is 1.38. The van der Waals surface area contributed by atoms with Gasteiger partial charge < -0.3 is 68.7 Å². The van der Waals surface area contributed by atoms with E-state index in [1.54, 1.807) is 23.0 Å². The Morgan fingerprint density at radius 3 is 2.06 bits per heavy atom. The first-order valence-corrected chi connectivity index (χ1v) is 15.7. The monoisotopic (exact) mass is 718 g/mol. The van der Waals surface area contributed by atoms with Gasteiger partial charge in [0.25, 0.3) is 5.91 Å². The van der Waals surface area contributed by atoms with Crippen LogP contribution in [-0.4, -0.2) is 174 Å². The Morgan fingerprint density at radius 2 is 1.42 bits per heavy atom. The van der Waals surface area contributed by atoms with Crippen LogP contribution in [0, 0.1) is 5.82 Å². The fourth-order valence-corrected chi connectivity index (χ4v) is 5.17. The third-order valence-corrected chi connectivity index (χ3v) is 7.82. The van der Waals surface area contributed by atoms with Gasteiger partial charge in [-0.25, -0.2) is 13.9 Å². The number of carbonyl (C=O) groups is 2. The standard InChI is InChI=1S/C30H43FN4O15/c1-43-23-19(36)22(39)30(48-24-20(37)21(38)29(44-2)50-26(24)28(41)42)49-25(23)27(40)32-7-9-45-11-13-47-14-12-46-10-8-35-15-18(33-34-35)16-3-5-17(31)6-4-16/h3-6,15,19-26,29-30,36-39H,7-14H2,1-2H3,(H,32,40)(H,41,42). The zero-order chi connectivity index (χ0) is 36.2. The van der Waals surface area contributed by atoms with Crippen LogP contribution in [0.15, 0.2) is 30.5 Å². The van der Waals surface area contributed by atoms with E-state index in [1.165, 1.54) is 19.2 Å². The van der Waals surface area contributed by atoms with Gasteiger partial charge in [-0.2, -0.15) is 0 Å². The van der Waals surface area contributed by atoms with Gasteiger partial charge in [-0.1, -0.05) is 5.21 Å². The number of aliphatic carboxylic acids is 1. The average Bonchev–Trinajstić information content (AvgIpc) is 3.58. The van der Waals surface area contributed by atoms with Crippen molar-refractivity contribution < 1.29 is 77.4 Å². The van der Waals surface area contributed by atoms with Gasteiger partial charge in [-0.3, -0.25) is 4.79 Å². The van der Waals surface area contributed by atoms with E-state index in [-0.39, 0.29) is 32.2 Å². The number of aliphatic hydroxyl groups is 4. The molecule has 0 spiro atoms. The van der Waals surface area contributed by atoms with Gasteiger partial charge in [-0.05, 0) is 24.3 Å². The second-order valence-corrected chi connectivity index (χ2v) is 11.2. The summed E-state index contributed by atoms with van der Waals surface area (Å²) in [5.74, 6) is -2.66. The minimum Gasteiger partial charge on any atom is -0.479 e. The maximum absolute atomic E-state index is 13.1. The van der Waals surface area contributed by atoms with Crippen molar-refractivity contribution in [2.75, 3.05) is 60.4 Å². The number of hydrogen-bond donors (Lipinski definition) is 6. The zero-order valence-electron chi connectivity index (χ0n) is 27.4. The largest absolute Gasteiger partial charge is 0.479 e. The lowest BCUT2D eigenvalue weighted by Gasteiger charge is -2.45. The van der Waals surface area contributed by atoms with Gasteiger partial charge in [0.15, 0.2) is 24.8 Å². The highest BCUT2D eigenvalue weighted by Crippen LogP contribution is 2.30. The molecule has 50 heavy (non-hydrogen) atoms. The van der Waals surface area contributed by atoms with E-state index in [9.17, 15) is 39.5 Å². The van der Waals surface area contributed by atoms with E-state index >= 15 is 0 Å². The van der Waals surface area contributed by atoms with Crippen molar-refractivity contribution in [3.63, 3.8) is 0 Å². The van der Waals surface area contributed by atoms with Gasteiger partial charge in [0.2, 0.25) is 0 Å². The van der Waals surface area contributed by atoms with Crippen molar-refractivity contribution in [1.29, 1.82) is 0 Å². The third-order valence-electron chi connectivity index (χ3n) is 7.82. The Kier molecular flexibility index (Phi) is 15.3. The number of amides is 1. The summed E-state index contributed by atoms with van der Waals surface area (Å²) in [6.07, 6.45) is -15.2. The molecule has 2 fully saturated rings. The number of carboxylic acid groups (broad SMARTS) is 1. The lowest BCUT2D eigenvalue weighted by Crippen LogP contribution is -2.66. The number of aromatic nitrogens is 3. The Balaban J connectivity index is 1.11. The number of carbonyl (C=O) groups excluding carboxylic acids is 1. The molecular weight excluding hydrogens is 675 g/mol. The van der Waals surface area contributed by atoms with Crippen LogP contribution >= 0.6 is 0 Å². The van der Waals surface area contributed by atoms with E-state index in [0.717, 1.165) is 12.7 Å². The maximum atomic E-state index is 13.1. The predicted octanol–water partition coefficient (Wildman–Crippen LogP) is -2.73. The fourth-order valence-electron chi connectivity index (χ4n) is 5.17. The molecule has 0 radical (unpaired) electrons. The van der Waals surface area contributed by atoms with E-state index in [1.807, 2.05) is 0 Å². The second-order valence-electron chi connectivity index (χ2n) is 11.2. The summed E-state index contributed by atoms with van der Waals surface area (Å²) in [6.45, 7) is 2.08. The third kappa shape index (κ3) is 10.4. The van der Waals surface area contributed by atoms with Gasteiger partial charge in [0.05, 0.1) is 52.4 Å². The molecule has 0 aliphatic carbocycles. The number of benzene rings is 1. The average molecular weight is 719 g/mol. The van der Waals surface area contributed by atoms with Crippen molar-refractivity contribution in [2.45, 2.75) is 68.0 Å². The molecule has 4 rings (SSSR count). The van der Waals surface area contributed by atoms with Crippen molar-refractivity contribution in [3.05, 3.63) is 36.3 Å². The molecule has 19 nitrogen and oxygen atoms in total. The molecule has 2 aromatic rings. The molecule has 10 unspecified atom stereocenters. The SMILES string of the molecule is COC1OC(C(=O)O)C(OC2OC(C(=O)NCCOCCOCCOCCn3cc(-c4ccc(F)cc4)nn3)C(OC)C(O)C2O)C(O)C1O. The molecule has 0 bridgehead atoms. The van der Waals surface area contributed by atoms with E-state index in [0.29, 0.717) is 32.1 Å². The molecule has 2 saturated heterocycles. The molecule has 6 N–H and O–H groups in total. The maximum Gasteiger partial charge on any atom is 0.335 e. The molecule has 2 aliphatic rings. The highest BCUT2D eigenvalue weighted by atomic mass is 19.1. The summed E-state index contributed by atoms with van der Waals surface area (Å²) in [6, 6.07) is 5.96. The number of nitrogens with one attached hydrogen (secondary N) is 1. The number of carboxylic acids is 1. The highest BCUT2D eigenvalue weighted by Gasteiger charge is 2.54. The van der Waals surface area contributed by atoms with Crippen LogP contribution in [0.5, 0.6) is 0 Å². The number of ether oxygens (including phenoxy) is 8. The summed E-state index contributed by atoms with van der Waals surface area (Å²) in [4.78, 5) is 24.7. The highest BCUT2D eigenvalue weighted by molar-refractivity contribution is 5.81. The second kappa shape index (κ2) is 19.4. The van der Waals surface area contributed by atoms with Gasteiger partial charge >= 0.3 is 5.97 Å². The minimum atomic E-state index is -1.86. The first kappa shape index (κ1) is 39.5. The Morgan fingerprint density at radius 1 is 0.820 bits per heavy atom. The van der Waals surface area contributed by atoms with E-state index in [4.69, 9.17) is 37.9 Å². The topological polar surface area (TPSA) is 252 Å². The van der Waals surface area contributed by atoms with Crippen LogP contribution in [0.1, 0.15) is 0 Å². The van der Waals surface area contributed by atoms with Crippen LogP contribution < -0.4 is 5.32 Å². The van der Waals surface area contributed by atoms with Crippen molar-refractivity contribution in [1.82, 2.24) is 20.3 Å².